The Morgan fingerprint density at radius 2 is 1.94 bits per heavy atom. The van der Waals surface area contributed by atoms with Gasteiger partial charge in [0, 0.05) is 10.5 Å². The summed E-state index contributed by atoms with van der Waals surface area (Å²) in [6, 6.07) is 6.99. The Balaban J connectivity index is 2.82. The van der Waals surface area contributed by atoms with Crippen LogP contribution in [-0.2, 0) is 0 Å². The van der Waals surface area contributed by atoms with Crippen LogP contribution in [0.3, 0.4) is 0 Å². The number of hydrogen-bond acceptors (Lipinski definition) is 1. The van der Waals surface area contributed by atoms with E-state index in [-0.39, 0.29) is 0 Å². The van der Waals surface area contributed by atoms with E-state index >= 15 is 0 Å². The molecular weight excluding hydrogens is 274 g/mol. The Bertz CT molecular complexity index is 366. The lowest BCUT2D eigenvalue weighted by molar-refractivity contribution is 0.337. The van der Waals surface area contributed by atoms with Gasteiger partial charge in [0.1, 0.15) is 0 Å². The second-order valence-electron chi connectivity index (χ2n) is 5.97. The van der Waals surface area contributed by atoms with Crippen molar-refractivity contribution >= 4 is 15.9 Å². The van der Waals surface area contributed by atoms with Crippen molar-refractivity contribution in [2.45, 2.75) is 46.6 Å². The van der Waals surface area contributed by atoms with Gasteiger partial charge in [0.2, 0.25) is 0 Å². The van der Waals surface area contributed by atoms with Gasteiger partial charge in [0.25, 0.3) is 0 Å². The number of aryl methyl sites for hydroxylation is 1. The molecule has 0 aromatic heterocycles. The lowest BCUT2D eigenvalue weighted by atomic mass is 9.87. The summed E-state index contributed by atoms with van der Waals surface area (Å²) in [5.74, 6) is 0. The summed E-state index contributed by atoms with van der Waals surface area (Å²) in [4.78, 5) is 0. The fourth-order valence-corrected chi connectivity index (χ4v) is 2.49. The molecule has 1 N–H and O–H groups in total. The summed E-state index contributed by atoms with van der Waals surface area (Å²) in [6.07, 6.45) is 2.39. The first kappa shape index (κ1) is 14.7. The van der Waals surface area contributed by atoms with Gasteiger partial charge in [-0.1, -0.05) is 54.4 Å². The van der Waals surface area contributed by atoms with Crippen molar-refractivity contribution in [1.82, 2.24) is 5.32 Å². The number of halogens is 1. The lowest BCUT2D eigenvalue weighted by Crippen LogP contribution is -2.19. The molecule has 0 aliphatic rings. The molecule has 1 rings (SSSR count). The maximum Gasteiger partial charge on any atom is 0.0329 e. The first-order valence-corrected chi connectivity index (χ1v) is 7.06. The van der Waals surface area contributed by atoms with Gasteiger partial charge in [-0.05, 0) is 43.9 Å². The van der Waals surface area contributed by atoms with Crippen molar-refractivity contribution < 1.29 is 0 Å². The van der Waals surface area contributed by atoms with E-state index in [2.05, 4.69) is 67.1 Å². The van der Waals surface area contributed by atoms with Gasteiger partial charge in [0.15, 0.2) is 0 Å². The summed E-state index contributed by atoms with van der Waals surface area (Å²) in [5.41, 5.74) is 3.08. The van der Waals surface area contributed by atoms with Gasteiger partial charge in [-0.2, -0.15) is 0 Å². The van der Waals surface area contributed by atoms with E-state index in [1.807, 2.05) is 7.05 Å². The maximum atomic E-state index is 3.65. The van der Waals surface area contributed by atoms with Crippen molar-refractivity contribution in [2.24, 2.45) is 5.41 Å². The molecule has 2 heteroatoms. The molecule has 0 amide bonds. The fourth-order valence-electron chi connectivity index (χ4n) is 1.96. The van der Waals surface area contributed by atoms with Crippen LogP contribution >= 0.6 is 15.9 Å². The van der Waals surface area contributed by atoms with E-state index in [9.17, 15) is 0 Å². The largest absolute Gasteiger partial charge is 0.313 e. The monoisotopic (exact) mass is 297 g/mol. The van der Waals surface area contributed by atoms with Crippen LogP contribution in [0.5, 0.6) is 0 Å². The van der Waals surface area contributed by atoms with Crippen molar-refractivity contribution in [1.29, 1.82) is 0 Å². The van der Waals surface area contributed by atoms with Crippen LogP contribution in [0.2, 0.25) is 0 Å². The maximum absolute atomic E-state index is 3.65. The molecule has 0 heterocycles. The first-order chi connectivity index (χ1) is 7.83. The normalized spacial score (nSPS) is 13.8. The molecule has 0 bridgehead atoms. The molecule has 1 nitrogen and oxygen atoms in total. The molecule has 0 aliphatic carbocycles. The summed E-state index contributed by atoms with van der Waals surface area (Å²) in [6.45, 7) is 9.04. The molecule has 0 fully saturated rings. The zero-order chi connectivity index (χ0) is 13.1. The van der Waals surface area contributed by atoms with Crippen LogP contribution < -0.4 is 5.32 Å². The van der Waals surface area contributed by atoms with Crippen LogP contribution in [0.15, 0.2) is 22.7 Å². The molecule has 0 aliphatic heterocycles. The highest BCUT2D eigenvalue weighted by atomic mass is 79.9. The first-order valence-electron chi connectivity index (χ1n) is 6.27. The highest BCUT2D eigenvalue weighted by Gasteiger charge is 2.17. The van der Waals surface area contributed by atoms with Crippen LogP contribution in [0.1, 0.15) is 50.8 Å². The molecule has 0 spiro atoms. The number of rotatable bonds is 4. The Morgan fingerprint density at radius 1 is 1.29 bits per heavy atom. The second kappa shape index (κ2) is 6.01. The van der Waals surface area contributed by atoms with Crippen molar-refractivity contribution in [3.63, 3.8) is 0 Å². The molecule has 1 atom stereocenters. The van der Waals surface area contributed by atoms with Crippen LogP contribution in [-0.4, -0.2) is 7.05 Å². The summed E-state index contributed by atoms with van der Waals surface area (Å²) < 4.78 is 1.20. The van der Waals surface area contributed by atoms with Gasteiger partial charge < -0.3 is 5.32 Å². The van der Waals surface area contributed by atoms with Crippen LogP contribution in [0, 0.1) is 12.3 Å². The van der Waals surface area contributed by atoms with E-state index < -0.39 is 0 Å². The highest BCUT2D eigenvalue weighted by molar-refractivity contribution is 9.10. The number of hydrogen-bond donors (Lipinski definition) is 1. The molecule has 96 valence electrons. The van der Waals surface area contributed by atoms with Gasteiger partial charge >= 0.3 is 0 Å². The standard InChI is InChI=1S/C15H24BrN/c1-11-6-7-13(16)12(10-11)14(17-5)8-9-15(2,3)4/h6-7,10,14,17H,8-9H2,1-5H3. The molecular formula is C15H24BrN. The van der Waals surface area contributed by atoms with Crippen molar-refractivity contribution in [3.05, 3.63) is 33.8 Å². The third kappa shape index (κ3) is 4.81. The van der Waals surface area contributed by atoms with Gasteiger partial charge in [-0.15, -0.1) is 0 Å². The number of nitrogens with one attached hydrogen (secondary N) is 1. The van der Waals surface area contributed by atoms with Gasteiger partial charge in [-0.25, -0.2) is 0 Å². The SMILES string of the molecule is CNC(CCC(C)(C)C)c1cc(C)ccc1Br. The van der Waals surface area contributed by atoms with Crippen molar-refractivity contribution in [2.75, 3.05) is 7.05 Å². The van der Waals surface area contributed by atoms with E-state index in [0.717, 1.165) is 0 Å². The summed E-state index contributed by atoms with van der Waals surface area (Å²) in [7, 11) is 2.04. The van der Waals surface area contributed by atoms with Gasteiger partial charge in [-0.3, -0.25) is 0 Å². The summed E-state index contributed by atoms with van der Waals surface area (Å²) in [5, 5.41) is 3.43. The third-order valence-electron chi connectivity index (χ3n) is 3.06. The summed E-state index contributed by atoms with van der Waals surface area (Å²) >= 11 is 3.65. The predicted molar refractivity (Wildman–Crippen MR) is 79.4 cm³/mol. The minimum absolute atomic E-state index is 0.394. The minimum atomic E-state index is 0.394. The zero-order valence-electron chi connectivity index (χ0n) is 11.6. The minimum Gasteiger partial charge on any atom is -0.313 e. The van der Waals surface area contributed by atoms with E-state index in [4.69, 9.17) is 0 Å². The number of benzene rings is 1. The lowest BCUT2D eigenvalue weighted by Gasteiger charge is -2.24. The highest BCUT2D eigenvalue weighted by Crippen LogP contribution is 2.31. The average molecular weight is 298 g/mol. The van der Waals surface area contributed by atoms with Crippen LogP contribution in [0.25, 0.3) is 0 Å². The third-order valence-corrected chi connectivity index (χ3v) is 3.78. The topological polar surface area (TPSA) is 12.0 Å². The van der Waals surface area contributed by atoms with Crippen LogP contribution in [0.4, 0.5) is 0 Å². The van der Waals surface area contributed by atoms with E-state index in [1.54, 1.807) is 0 Å². The van der Waals surface area contributed by atoms with Gasteiger partial charge in [0.05, 0.1) is 0 Å². The molecule has 17 heavy (non-hydrogen) atoms. The Hall–Kier alpha value is -0.340. The Morgan fingerprint density at radius 3 is 2.47 bits per heavy atom. The molecule has 0 saturated carbocycles. The second-order valence-corrected chi connectivity index (χ2v) is 6.82. The van der Waals surface area contributed by atoms with E-state index in [1.165, 1.54) is 28.4 Å². The Labute approximate surface area is 114 Å². The quantitative estimate of drug-likeness (QED) is 0.838. The smallest absolute Gasteiger partial charge is 0.0329 e. The fraction of sp³-hybridized carbons (Fsp3) is 0.600. The molecule has 0 saturated heterocycles. The van der Waals surface area contributed by atoms with E-state index in [0.29, 0.717) is 11.5 Å². The predicted octanol–water partition coefficient (Wildman–Crippen LogP) is 4.84. The molecule has 1 aromatic carbocycles. The average Bonchev–Trinajstić information content (AvgIpc) is 2.22. The zero-order valence-corrected chi connectivity index (χ0v) is 13.2. The van der Waals surface area contributed by atoms with Crippen molar-refractivity contribution in [3.8, 4) is 0 Å². The molecule has 1 aromatic rings. The Kier molecular flexibility index (Phi) is 5.21. The molecule has 0 radical (unpaired) electrons. The molecule has 1 unspecified atom stereocenters.